The average Bonchev–Trinajstić information content (AvgIpc) is 1.76. The third-order valence-electron chi connectivity index (χ3n) is 20.7. The highest BCUT2D eigenvalue weighted by Crippen LogP contribution is 2.42. The van der Waals surface area contributed by atoms with Crippen molar-refractivity contribution in [1.29, 1.82) is 0 Å². The lowest BCUT2D eigenvalue weighted by atomic mass is 9.84. The van der Waals surface area contributed by atoms with Crippen LogP contribution in [0.1, 0.15) is 175 Å². The Hall–Kier alpha value is -12.0. The molecule has 636 valence electrons. The van der Waals surface area contributed by atoms with Gasteiger partial charge in [0.1, 0.15) is 85.3 Å². The smallest absolute Gasteiger partial charge is 0.261 e. The molecule has 2 aliphatic heterocycles. The van der Waals surface area contributed by atoms with E-state index in [4.69, 9.17) is 21.4 Å². The zero-order chi connectivity index (χ0) is 87.8. The van der Waals surface area contributed by atoms with Crippen molar-refractivity contribution in [2.75, 3.05) is 39.7 Å². The topological polar surface area (TPSA) is 250 Å². The lowest BCUT2D eigenvalue weighted by Crippen LogP contribution is -2.45. The highest BCUT2D eigenvalue weighted by atomic mass is 19.2. The SMILES string of the molecule is CC(C)(C)[C@@H](N)c1nc(-c2cc(F)ccc2F)cn1Cc1ccccc1.CC(C)(C)[C@@H](NCC[C@@H](CF)N1C(=O)c2ccccc2C1=O)c1nc(-c2cc(F)ccc2F)cn1Cc1ccccc1.CC(C)(C)[C@H](c1nc(-c2cc(F)ccc2F)cn1Cc1ccccc1)N(CC[C@H](N)CF)C(=O)CO.O=CC[C@@H](CF)N1C(=O)c2ccccc2C1=O. The molecule has 0 saturated heterocycles. The number of carbonyl (C=O) groups is 6. The maximum atomic E-state index is 14.8. The summed E-state index contributed by atoms with van der Waals surface area (Å²) in [6, 6.07) is 47.6. The second-order valence-electron chi connectivity index (χ2n) is 32.8. The first-order valence-electron chi connectivity index (χ1n) is 39.5. The number of nitrogens with one attached hydrogen (secondary N) is 1. The number of imide groups is 2. The predicted octanol–water partition coefficient (Wildman–Crippen LogP) is 17.2. The molecule has 0 spiro atoms. The molecule has 0 unspecified atom stereocenters. The zero-order valence-corrected chi connectivity index (χ0v) is 68.7. The summed E-state index contributed by atoms with van der Waals surface area (Å²) in [7, 11) is 0. The van der Waals surface area contributed by atoms with Gasteiger partial charge in [-0.05, 0) is 131 Å². The first-order valence-corrected chi connectivity index (χ1v) is 39.5. The van der Waals surface area contributed by atoms with Crippen molar-refractivity contribution in [2.45, 2.75) is 137 Å². The molecule has 0 fully saturated rings. The number of fused-ring (bicyclic) bond motifs is 2. The lowest BCUT2D eigenvalue weighted by Gasteiger charge is -2.40. The van der Waals surface area contributed by atoms with E-state index in [2.05, 4.69) is 10.3 Å². The molecule has 28 heteroatoms. The number of alkyl halides is 3. The quantitative estimate of drug-likeness (QED) is 0.0203. The Labute approximate surface area is 697 Å². The third kappa shape index (κ3) is 22.4. The van der Waals surface area contributed by atoms with Gasteiger partial charge >= 0.3 is 0 Å². The lowest BCUT2D eigenvalue weighted by molar-refractivity contribution is -0.139. The minimum atomic E-state index is -1.00. The standard InChI is InChI=1S/C33H33F3N4O2.C27H33F3N4O2.C21H23F2N3.C12H10FNO3/c1-33(2,3)29(37-16-15-23(18-34)40-31(41)24-11-7-8-12-25(24)32(40)42)30-38-28(26-17-22(35)13-14-27(26)36)20-39(30)19-21-9-5-4-6-10-21;1-27(2,3)25(34(24(36)17-35)12-11-20(31)14-28)26-32-23(21-13-19(29)9-10-22(21)30)16-33(26)15-18-7-5-4-6-8-18;1-21(2,3)19(24)20-25-18(16-11-15(22)9-10-17(16)23)13-26(20)12-14-7-5-4-6-8-14;13-7-8(5-6-15)14-11(16)9-3-1-2-4-10(9)12(14)17/h4-14,17,20,23,29,37H,15-16,18-19H2,1-3H3;4-10,13,16,20,25,35H,11-12,14-15,17,31H2,1-3H3;4-11,13,19H,12,24H2,1-3H3;1-4,6,8H,5,7H2/t23-,29-;20-,25-;19-;8-/m0000/s1. The zero-order valence-electron chi connectivity index (χ0n) is 68.7. The summed E-state index contributed by atoms with van der Waals surface area (Å²) in [5.74, 6) is -4.32. The van der Waals surface area contributed by atoms with E-state index in [1.165, 1.54) is 17.0 Å². The molecule has 5 amide bonds. The van der Waals surface area contributed by atoms with Crippen molar-refractivity contribution in [3.05, 3.63) is 304 Å². The number of aliphatic hydroxyl groups excluding tert-OH is 1. The van der Waals surface area contributed by atoms with Crippen LogP contribution in [0.5, 0.6) is 0 Å². The van der Waals surface area contributed by atoms with Crippen LogP contribution in [-0.4, -0.2) is 142 Å². The fourth-order valence-corrected chi connectivity index (χ4v) is 14.3. The summed E-state index contributed by atoms with van der Waals surface area (Å²) < 4.78 is 131. The maximum absolute atomic E-state index is 14.8. The van der Waals surface area contributed by atoms with Crippen molar-refractivity contribution in [3.8, 4) is 33.8 Å². The van der Waals surface area contributed by atoms with Crippen LogP contribution in [0.15, 0.2) is 213 Å². The molecule has 19 nitrogen and oxygen atoms in total. The Kier molecular flexibility index (Phi) is 30.5. The summed E-state index contributed by atoms with van der Waals surface area (Å²) in [6.45, 7) is 16.3. The molecular weight excluding hydrogens is 1570 g/mol. The van der Waals surface area contributed by atoms with Gasteiger partial charge in [-0.3, -0.25) is 33.8 Å². The van der Waals surface area contributed by atoms with Crippen LogP contribution in [0, 0.1) is 51.1 Å². The molecule has 0 saturated carbocycles. The molecule has 5 heterocycles. The van der Waals surface area contributed by atoms with Crippen molar-refractivity contribution < 1.29 is 73.4 Å². The first kappa shape index (κ1) is 91.3. The first-order chi connectivity index (χ1) is 57.6. The molecular formula is C93H99F9N12O7. The summed E-state index contributed by atoms with van der Waals surface area (Å²) >= 11 is 0. The number of nitrogens with two attached hydrogens (primary N) is 2. The largest absolute Gasteiger partial charge is 0.387 e. The van der Waals surface area contributed by atoms with Crippen LogP contribution in [0.25, 0.3) is 33.8 Å². The van der Waals surface area contributed by atoms with Crippen molar-refractivity contribution in [1.82, 2.24) is 48.7 Å². The van der Waals surface area contributed by atoms with Gasteiger partial charge in [-0.1, -0.05) is 178 Å². The van der Waals surface area contributed by atoms with Gasteiger partial charge in [0.25, 0.3) is 23.6 Å². The molecule has 11 aromatic rings. The second kappa shape index (κ2) is 40.4. The van der Waals surface area contributed by atoms with Gasteiger partial charge in [-0.25, -0.2) is 54.5 Å². The van der Waals surface area contributed by atoms with Gasteiger partial charge in [0.15, 0.2) is 0 Å². The summed E-state index contributed by atoms with van der Waals surface area (Å²) in [6.07, 6.45) is 5.78. The Bertz CT molecular complexity index is 5350. The number of imidazole rings is 3. The fraction of sp³-hybridized carbons (Fsp3) is 0.323. The number of benzene rings is 8. The number of amides is 5. The van der Waals surface area contributed by atoms with E-state index in [0.29, 0.717) is 54.8 Å². The van der Waals surface area contributed by atoms with Gasteiger partial charge in [0, 0.05) is 73.9 Å². The van der Waals surface area contributed by atoms with E-state index in [1.54, 1.807) is 59.6 Å². The second-order valence-corrected chi connectivity index (χ2v) is 32.8. The molecule has 8 aromatic carbocycles. The van der Waals surface area contributed by atoms with Crippen LogP contribution < -0.4 is 16.8 Å². The number of hydrogen-bond donors (Lipinski definition) is 4. The number of rotatable bonds is 28. The summed E-state index contributed by atoms with van der Waals surface area (Å²) in [5, 5.41) is 13.2. The average molecular weight is 1670 g/mol. The van der Waals surface area contributed by atoms with E-state index >= 15 is 0 Å². The Morgan fingerprint density at radius 3 is 1.16 bits per heavy atom. The minimum Gasteiger partial charge on any atom is -0.387 e. The highest BCUT2D eigenvalue weighted by Gasteiger charge is 2.43. The fourth-order valence-electron chi connectivity index (χ4n) is 14.3. The van der Waals surface area contributed by atoms with Crippen LogP contribution in [-0.2, 0) is 29.2 Å². The Morgan fingerprint density at radius 2 is 0.810 bits per heavy atom. The molecule has 0 radical (unpaired) electrons. The number of aldehydes is 1. The van der Waals surface area contributed by atoms with Crippen LogP contribution in [0.4, 0.5) is 39.5 Å². The maximum Gasteiger partial charge on any atom is 0.261 e. The molecule has 6 N–H and O–H groups in total. The number of carbonyl (C=O) groups excluding carboxylic acids is 6. The van der Waals surface area contributed by atoms with Gasteiger partial charge in [0.05, 0.1) is 69.5 Å². The van der Waals surface area contributed by atoms with E-state index in [9.17, 15) is 73.4 Å². The molecule has 0 aliphatic carbocycles. The van der Waals surface area contributed by atoms with E-state index in [1.807, 2.05) is 162 Å². The third-order valence-corrected chi connectivity index (χ3v) is 20.7. The molecule has 121 heavy (non-hydrogen) atoms. The van der Waals surface area contributed by atoms with Crippen molar-refractivity contribution in [2.24, 2.45) is 27.7 Å². The highest BCUT2D eigenvalue weighted by molar-refractivity contribution is 6.22. The number of hydrogen-bond acceptors (Lipinski definition) is 13. The van der Waals surface area contributed by atoms with Crippen molar-refractivity contribution >= 4 is 35.8 Å². The predicted molar refractivity (Wildman–Crippen MR) is 444 cm³/mol. The molecule has 0 bridgehead atoms. The van der Waals surface area contributed by atoms with Crippen LogP contribution >= 0.6 is 0 Å². The van der Waals surface area contributed by atoms with Crippen LogP contribution in [0.3, 0.4) is 0 Å². The van der Waals surface area contributed by atoms with Crippen LogP contribution in [0.2, 0.25) is 0 Å². The van der Waals surface area contributed by atoms with Crippen molar-refractivity contribution in [3.63, 3.8) is 0 Å². The number of aliphatic hydroxyl groups is 1. The number of nitrogens with zero attached hydrogens (tertiary/aromatic N) is 9. The summed E-state index contributed by atoms with van der Waals surface area (Å²) in [4.78, 5) is 90.4. The number of aromatic nitrogens is 6. The molecule has 3 aromatic heterocycles. The Balaban J connectivity index is 0.000000177. The Morgan fingerprint density at radius 1 is 0.455 bits per heavy atom. The number of halogens is 9. The summed E-state index contributed by atoms with van der Waals surface area (Å²) in [5.41, 5.74) is 16.2. The van der Waals surface area contributed by atoms with Gasteiger partial charge < -0.3 is 45.3 Å². The van der Waals surface area contributed by atoms with E-state index in [-0.39, 0.29) is 88.4 Å². The van der Waals surface area contributed by atoms with E-state index < -0.39 is 132 Å². The van der Waals surface area contributed by atoms with E-state index in [0.717, 1.165) is 81.1 Å². The monoisotopic (exact) mass is 1670 g/mol. The van der Waals surface area contributed by atoms with Gasteiger partial charge in [-0.2, -0.15) is 0 Å². The molecule has 13 rings (SSSR count). The normalized spacial score (nSPS) is 14.2. The molecule has 2 aliphatic rings. The van der Waals surface area contributed by atoms with Gasteiger partial charge in [0.2, 0.25) is 5.91 Å². The molecule has 6 atom stereocenters. The minimum absolute atomic E-state index is 0.00444. The van der Waals surface area contributed by atoms with Gasteiger partial charge in [-0.15, -0.1) is 0 Å².